The SMILES string of the molecule is CCOc1cc(/C=C2/SC(=S)N(c3ccc(Cl)cc3Cl)C2=O)ccc1OCC(=O)Nc1ccc(C)cc1. The van der Waals surface area contributed by atoms with Crippen molar-refractivity contribution in [2.24, 2.45) is 0 Å². The van der Waals surface area contributed by atoms with Crippen molar-refractivity contribution in [3.05, 3.63) is 86.7 Å². The largest absolute Gasteiger partial charge is 0.490 e. The molecule has 0 unspecified atom stereocenters. The van der Waals surface area contributed by atoms with Crippen LogP contribution in [0.2, 0.25) is 10.0 Å². The number of thiocarbonyl (C=S) groups is 1. The van der Waals surface area contributed by atoms with Gasteiger partial charge in [-0.15, -0.1) is 0 Å². The summed E-state index contributed by atoms with van der Waals surface area (Å²) in [6.45, 7) is 4.03. The van der Waals surface area contributed by atoms with Gasteiger partial charge in [0.1, 0.15) is 0 Å². The zero-order chi connectivity index (χ0) is 26.5. The summed E-state index contributed by atoms with van der Waals surface area (Å²) in [7, 11) is 0. The summed E-state index contributed by atoms with van der Waals surface area (Å²) < 4.78 is 11.8. The Bertz CT molecular complexity index is 1390. The number of anilines is 2. The number of ether oxygens (including phenoxy) is 2. The number of aryl methyl sites for hydroxylation is 1. The number of carbonyl (C=O) groups is 2. The van der Waals surface area contributed by atoms with Crippen molar-refractivity contribution in [1.29, 1.82) is 0 Å². The second-order valence-corrected chi connectivity index (χ2v) is 10.5. The van der Waals surface area contributed by atoms with Crippen LogP contribution in [0.4, 0.5) is 11.4 Å². The number of hydrogen-bond acceptors (Lipinski definition) is 6. The average molecular weight is 574 g/mol. The van der Waals surface area contributed by atoms with Crippen molar-refractivity contribution in [3.8, 4) is 11.5 Å². The van der Waals surface area contributed by atoms with Gasteiger partial charge in [0.25, 0.3) is 11.8 Å². The molecule has 0 aliphatic carbocycles. The molecule has 0 bridgehead atoms. The average Bonchev–Trinajstić information content (AvgIpc) is 3.13. The maximum absolute atomic E-state index is 13.1. The number of hydrogen-bond donors (Lipinski definition) is 1. The molecular formula is C27H22Cl2N2O4S2. The first-order valence-electron chi connectivity index (χ1n) is 11.2. The van der Waals surface area contributed by atoms with Crippen LogP contribution < -0.4 is 19.7 Å². The zero-order valence-corrected chi connectivity index (χ0v) is 23.1. The summed E-state index contributed by atoms with van der Waals surface area (Å²) in [6, 6.07) is 17.6. The number of nitrogens with zero attached hydrogens (tertiary/aromatic N) is 1. The Morgan fingerprint density at radius 3 is 2.51 bits per heavy atom. The van der Waals surface area contributed by atoms with E-state index in [1.807, 2.05) is 38.1 Å². The summed E-state index contributed by atoms with van der Waals surface area (Å²) in [4.78, 5) is 27.3. The van der Waals surface area contributed by atoms with Gasteiger partial charge in [-0.1, -0.05) is 70.9 Å². The van der Waals surface area contributed by atoms with Crippen LogP contribution in [0, 0.1) is 6.92 Å². The highest BCUT2D eigenvalue weighted by Gasteiger charge is 2.34. The monoisotopic (exact) mass is 572 g/mol. The number of carbonyl (C=O) groups excluding carboxylic acids is 2. The Labute approximate surface area is 234 Å². The first-order chi connectivity index (χ1) is 17.7. The Balaban J connectivity index is 1.48. The summed E-state index contributed by atoms with van der Waals surface area (Å²) in [5.41, 5.74) is 2.98. The molecule has 1 aliphatic rings. The predicted octanol–water partition coefficient (Wildman–Crippen LogP) is 7.12. The highest BCUT2D eigenvalue weighted by Crippen LogP contribution is 2.40. The van der Waals surface area contributed by atoms with Gasteiger partial charge in [0.15, 0.2) is 22.4 Å². The van der Waals surface area contributed by atoms with Gasteiger partial charge in [0, 0.05) is 10.7 Å². The van der Waals surface area contributed by atoms with E-state index in [2.05, 4.69) is 5.32 Å². The standard InChI is InChI=1S/C27H22Cl2N2O4S2/c1-3-34-23-12-17(6-11-22(23)35-15-25(32)30-19-8-4-16(2)5-9-19)13-24-26(33)31(27(36)37-24)21-10-7-18(28)14-20(21)29/h4-14H,3,15H2,1-2H3,(H,30,32)/b24-13+. The van der Waals surface area contributed by atoms with E-state index in [0.717, 1.165) is 5.56 Å². The lowest BCUT2D eigenvalue weighted by Gasteiger charge is -2.16. The van der Waals surface area contributed by atoms with Crippen molar-refractivity contribution in [3.63, 3.8) is 0 Å². The normalized spacial score (nSPS) is 14.3. The molecule has 3 aromatic rings. The second-order valence-electron chi connectivity index (χ2n) is 7.95. The predicted molar refractivity (Wildman–Crippen MR) is 155 cm³/mol. The lowest BCUT2D eigenvalue weighted by Crippen LogP contribution is -2.27. The van der Waals surface area contributed by atoms with Crippen LogP contribution in [0.3, 0.4) is 0 Å². The molecule has 1 saturated heterocycles. The van der Waals surface area contributed by atoms with E-state index in [-0.39, 0.29) is 18.4 Å². The van der Waals surface area contributed by atoms with Gasteiger partial charge in [0.05, 0.1) is 22.2 Å². The summed E-state index contributed by atoms with van der Waals surface area (Å²) in [6.07, 6.45) is 1.72. The van der Waals surface area contributed by atoms with E-state index in [1.165, 1.54) is 16.7 Å². The molecule has 3 aromatic carbocycles. The Hall–Kier alpha value is -3.04. The Kier molecular flexibility index (Phi) is 8.76. The molecule has 0 spiro atoms. The van der Waals surface area contributed by atoms with Crippen LogP contribution in [0.25, 0.3) is 6.08 Å². The fourth-order valence-corrected chi connectivity index (χ4v) is 5.25. The number of thioether (sulfide) groups is 1. The van der Waals surface area contributed by atoms with Crippen LogP contribution >= 0.6 is 47.2 Å². The molecule has 10 heteroatoms. The van der Waals surface area contributed by atoms with Crippen molar-refractivity contribution in [2.45, 2.75) is 13.8 Å². The molecule has 37 heavy (non-hydrogen) atoms. The van der Waals surface area contributed by atoms with Crippen LogP contribution in [-0.2, 0) is 9.59 Å². The van der Waals surface area contributed by atoms with Gasteiger partial charge in [-0.05, 0) is 68.0 Å². The number of rotatable bonds is 8. The maximum Gasteiger partial charge on any atom is 0.270 e. The molecule has 0 saturated carbocycles. The third kappa shape index (κ3) is 6.64. The van der Waals surface area contributed by atoms with E-state index >= 15 is 0 Å². The highest BCUT2D eigenvalue weighted by molar-refractivity contribution is 8.27. The molecule has 0 aromatic heterocycles. The maximum atomic E-state index is 13.1. The lowest BCUT2D eigenvalue weighted by atomic mass is 10.1. The first kappa shape index (κ1) is 27.0. The number of halogens is 2. The van der Waals surface area contributed by atoms with E-state index in [1.54, 1.807) is 42.5 Å². The Morgan fingerprint density at radius 2 is 1.81 bits per heavy atom. The van der Waals surface area contributed by atoms with E-state index in [0.29, 0.717) is 54.3 Å². The van der Waals surface area contributed by atoms with Crippen LogP contribution in [0.15, 0.2) is 65.6 Å². The molecule has 4 rings (SSSR count). The van der Waals surface area contributed by atoms with E-state index in [9.17, 15) is 9.59 Å². The van der Waals surface area contributed by atoms with Gasteiger partial charge in [-0.2, -0.15) is 0 Å². The molecule has 2 amide bonds. The van der Waals surface area contributed by atoms with Gasteiger partial charge < -0.3 is 14.8 Å². The summed E-state index contributed by atoms with van der Waals surface area (Å²) >= 11 is 18.9. The summed E-state index contributed by atoms with van der Waals surface area (Å²) in [5.74, 6) is 0.291. The number of benzene rings is 3. The van der Waals surface area contributed by atoms with E-state index < -0.39 is 0 Å². The molecule has 6 nitrogen and oxygen atoms in total. The molecule has 1 fully saturated rings. The van der Waals surface area contributed by atoms with Crippen molar-refractivity contribution in [2.75, 3.05) is 23.4 Å². The quantitative estimate of drug-likeness (QED) is 0.229. The third-order valence-electron chi connectivity index (χ3n) is 5.20. The topological polar surface area (TPSA) is 67.9 Å². The molecule has 1 heterocycles. The molecular weight excluding hydrogens is 551 g/mol. The van der Waals surface area contributed by atoms with Gasteiger partial charge in [-0.3, -0.25) is 14.5 Å². The Morgan fingerprint density at radius 1 is 1.05 bits per heavy atom. The smallest absolute Gasteiger partial charge is 0.270 e. The molecule has 1 N–H and O–H groups in total. The minimum atomic E-state index is -0.292. The van der Waals surface area contributed by atoms with Crippen molar-refractivity contribution in [1.82, 2.24) is 0 Å². The third-order valence-corrected chi connectivity index (χ3v) is 7.04. The molecule has 0 atom stereocenters. The molecule has 1 aliphatic heterocycles. The van der Waals surface area contributed by atoms with Crippen LogP contribution in [0.5, 0.6) is 11.5 Å². The second kappa shape index (κ2) is 12.0. The van der Waals surface area contributed by atoms with Gasteiger partial charge in [0.2, 0.25) is 0 Å². The highest BCUT2D eigenvalue weighted by atomic mass is 35.5. The van der Waals surface area contributed by atoms with Gasteiger partial charge in [-0.25, -0.2) is 0 Å². The fourth-order valence-electron chi connectivity index (χ4n) is 3.47. The van der Waals surface area contributed by atoms with Gasteiger partial charge >= 0.3 is 0 Å². The minimum absolute atomic E-state index is 0.187. The van der Waals surface area contributed by atoms with Crippen molar-refractivity contribution >= 4 is 80.8 Å². The number of amides is 2. The van der Waals surface area contributed by atoms with Crippen LogP contribution in [-0.4, -0.2) is 29.3 Å². The van der Waals surface area contributed by atoms with Crippen molar-refractivity contribution < 1.29 is 19.1 Å². The summed E-state index contributed by atoms with van der Waals surface area (Å²) in [5, 5.41) is 3.59. The van der Waals surface area contributed by atoms with Crippen LogP contribution in [0.1, 0.15) is 18.1 Å². The number of nitrogens with one attached hydrogen (secondary N) is 1. The first-order valence-corrected chi connectivity index (χ1v) is 13.2. The van der Waals surface area contributed by atoms with E-state index in [4.69, 9.17) is 44.9 Å². The fraction of sp³-hybridized carbons (Fsp3) is 0.148. The lowest BCUT2D eigenvalue weighted by molar-refractivity contribution is -0.118. The molecule has 190 valence electrons. The zero-order valence-electron chi connectivity index (χ0n) is 19.9. The molecule has 0 radical (unpaired) electrons. The minimum Gasteiger partial charge on any atom is -0.490 e.